The molecule has 1 aliphatic rings. The summed E-state index contributed by atoms with van der Waals surface area (Å²) in [5.41, 5.74) is 1.25. The fourth-order valence-electron chi connectivity index (χ4n) is 3.78. The Morgan fingerprint density at radius 2 is 1.90 bits per heavy atom. The zero-order valence-corrected chi connectivity index (χ0v) is 18.0. The summed E-state index contributed by atoms with van der Waals surface area (Å²) in [4.78, 5) is 35.4. The summed E-state index contributed by atoms with van der Waals surface area (Å²) in [7, 11) is 0. The third kappa shape index (κ3) is 4.78. The van der Waals surface area contributed by atoms with Crippen molar-refractivity contribution in [3.63, 3.8) is 0 Å². The quantitative estimate of drug-likeness (QED) is 0.668. The Bertz CT molecular complexity index is 1020. The summed E-state index contributed by atoms with van der Waals surface area (Å²) in [6, 6.07) is 3.20. The number of nitrogens with one attached hydrogen (secondary N) is 1. The van der Waals surface area contributed by atoms with Crippen LogP contribution in [0.2, 0.25) is 5.02 Å². The minimum absolute atomic E-state index is 0.264. The molecular weight excluding hydrogens is 410 g/mol. The topological polar surface area (TPSA) is 106 Å². The van der Waals surface area contributed by atoms with Crippen LogP contribution in [0.4, 0.5) is 0 Å². The summed E-state index contributed by atoms with van der Waals surface area (Å²) < 4.78 is 11.1. The molecule has 1 aromatic heterocycles. The molecule has 0 bridgehead atoms. The van der Waals surface area contributed by atoms with Gasteiger partial charge in [0.05, 0.1) is 10.9 Å². The van der Waals surface area contributed by atoms with Crippen molar-refractivity contribution in [2.75, 3.05) is 6.54 Å². The summed E-state index contributed by atoms with van der Waals surface area (Å²) in [5, 5.41) is 13.0. The van der Waals surface area contributed by atoms with Gasteiger partial charge >= 0.3 is 11.6 Å². The zero-order chi connectivity index (χ0) is 22.0. The molecule has 30 heavy (non-hydrogen) atoms. The molecule has 2 N–H and O–H groups in total. The van der Waals surface area contributed by atoms with Crippen molar-refractivity contribution < 1.29 is 23.8 Å². The first kappa shape index (κ1) is 22.2. The molecule has 1 aliphatic carbocycles. The molecule has 7 nitrogen and oxygen atoms in total. The number of fused-ring (bicyclic) bond motifs is 1. The van der Waals surface area contributed by atoms with E-state index in [4.69, 9.17) is 25.9 Å². The van der Waals surface area contributed by atoms with E-state index in [1.54, 1.807) is 19.9 Å². The van der Waals surface area contributed by atoms with Crippen LogP contribution in [0.3, 0.4) is 0 Å². The normalized spacial score (nSPS) is 20.0. The lowest BCUT2D eigenvalue weighted by atomic mass is 9.82. The molecule has 0 aliphatic heterocycles. The number of hydrogen-bond acceptors (Lipinski definition) is 5. The van der Waals surface area contributed by atoms with Gasteiger partial charge in [0.2, 0.25) is 0 Å². The maximum absolute atomic E-state index is 12.4. The summed E-state index contributed by atoms with van der Waals surface area (Å²) in [6.07, 6.45) is 2.03. The number of carboxylic acid groups (broad SMARTS) is 1. The smallest absolute Gasteiger partial charge is 0.339 e. The van der Waals surface area contributed by atoms with Gasteiger partial charge < -0.3 is 19.6 Å². The van der Waals surface area contributed by atoms with E-state index in [2.05, 4.69) is 5.32 Å². The number of aryl methyl sites for hydroxylation is 1. The zero-order valence-electron chi connectivity index (χ0n) is 17.3. The Kier molecular flexibility index (Phi) is 6.71. The fourth-order valence-corrected chi connectivity index (χ4v) is 3.99. The molecule has 1 saturated carbocycles. The van der Waals surface area contributed by atoms with E-state index in [0.717, 1.165) is 23.8 Å². The number of benzene rings is 1. The molecule has 1 amide bonds. The highest BCUT2D eigenvalue weighted by atomic mass is 35.5. The van der Waals surface area contributed by atoms with Crippen LogP contribution in [0, 0.1) is 25.7 Å². The van der Waals surface area contributed by atoms with Crippen molar-refractivity contribution in [1.29, 1.82) is 0 Å². The van der Waals surface area contributed by atoms with E-state index in [0.29, 0.717) is 35.6 Å². The van der Waals surface area contributed by atoms with Crippen LogP contribution < -0.4 is 15.7 Å². The second-order valence-corrected chi connectivity index (χ2v) is 8.39. The predicted molar refractivity (Wildman–Crippen MR) is 113 cm³/mol. The molecule has 1 unspecified atom stereocenters. The van der Waals surface area contributed by atoms with Crippen LogP contribution in [0.25, 0.3) is 11.0 Å². The third-order valence-corrected chi connectivity index (χ3v) is 6.24. The van der Waals surface area contributed by atoms with Crippen LogP contribution in [-0.4, -0.2) is 29.6 Å². The predicted octanol–water partition coefficient (Wildman–Crippen LogP) is 3.84. The number of hydrogen-bond donors (Lipinski definition) is 2. The number of carbonyl (C=O) groups is 2. The van der Waals surface area contributed by atoms with Crippen LogP contribution in [-0.2, 0) is 9.59 Å². The number of aliphatic carboxylic acids is 1. The molecule has 1 atom stereocenters. The van der Waals surface area contributed by atoms with E-state index >= 15 is 0 Å². The Balaban J connectivity index is 1.62. The molecule has 1 aromatic carbocycles. The lowest BCUT2D eigenvalue weighted by Gasteiger charge is -2.26. The lowest BCUT2D eigenvalue weighted by Crippen LogP contribution is -2.39. The van der Waals surface area contributed by atoms with Crippen molar-refractivity contribution in [3.05, 3.63) is 38.7 Å². The Labute approximate surface area is 179 Å². The number of amides is 1. The molecule has 0 radical (unpaired) electrons. The van der Waals surface area contributed by atoms with E-state index < -0.39 is 17.7 Å². The molecule has 0 saturated heterocycles. The summed E-state index contributed by atoms with van der Waals surface area (Å²) in [5.74, 6) is -0.774. The largest absolute Gasteiger partial charge is 0.481 e. The summed E-state index contributed by atoms with van der Waals surface area (Å²) >= 11 is 6.33. The SMILES string of the molecule is Cc1c(C)c2cc(Cl)c(OC(C)C(=O)NCC3CCC(C(=O)O)CC3)cc2oc1=O. The molecule has 1 heterocycles. The van der Waals surface area contributed by atoms with E-state index in [1.165, 1.54) is 6.07 Å². The number of rotatable bonds is 6. The number of carbonyl (C=O) groups excluding carboxylic acids is 1. The van der Waals surface area contributed by atoms with Gasteiger partial charge in [0.1, 0.15) is 11.3 Å². The second kappa shape index (κ2) is 9.08. The lowest BCUT2D eigenvalue weighted by molar-refractivity contribution is -0.143. The first-order valence-electron chi connectivity index (χ1n) is 10.1. The van der Waals surface area contributed by atoms with Gasteiger partial charge in [-0.05, 0) is 64.0 Å². The van der Waals surface area contributed by atoms with Crippen molar-refractivity contribution in [1.82, 2.24) is 5.32 Å². The van der Waals surface area contributed by atoms with Crippen molar-refractivity contribution in [2.24, 2.45) is 11.8 Å². The van der Waals surface area contributed by atoms with Gasteiger partial charge in [0.15, 0.2) is 6.10 Å². The molecule has 8 heteroatoms. The highest BCUT2D eigenvalue weighted by Crippen LogP contribution is 2.32. The Morgan fingerprint density at radius 1 is 1.23 bits per heavy atom. The first-order chi connectivity index (χ1) is 14.2. The van der Waals surface area contributed by atoms with E-state index in [-0.39, 0.29) is 23.5 Å². The Morgan fingerprint density at radius 3 is 2.53 bits per heavy atom. The van der Waals surface area contributed by atoms with Gasteiger partial charge in [0, 0.05) is 23.6 Å². The third-order valence-electron chi connectivity index (χ3n) is 5.94. The minimum atomic E-state index is -0.798. The summed E-state index contributed by atoms with van der Waals surface area (Å²) in [6.45, 7) is 5.62. The van der Waals surface area contributed by atoms with Gasteiger partial charge in [-0.1, -0.05) is 11.6 Å². The number of halogens is 1. The number of carboxylic acids is 1. The van der Waals surface area contributed by atoms with Crippen molar-refractivity contribution in [3.8, 4) is 5.75 Å². The van der Waals surface area contributed by atoms with Crippen molar-refractivity contribution in [2.45, 2.75) is 52.6 Å². The van der Waals surface area contributed by atoms with Crippen LogP contribution in [0.15, 0.2) is 21.3 Å². The molecule has 2 aromatic rings. The van der Waals surface area contributed by atoms with Gasteiger partial charge in [-0.3, -0.25) is 9.59 Å². The van der Waals surface area contributed by atoms with Crippen molar-refractivity contribution >= 4 is 34.4 Å². The van der Waals surface area contributed by atoms with Gasteiger partial charge in [-0.15, -0.1) is 0 Å². The number of ether oxygens (including phenoxy) is 1. The van der Waals surface area contributed by atoms with Gasteiger partial charge in [-0.25, -0.2) is 4.79 Å². The molecule has 1 fully saturated rings. The van der Waals surface area contributed by atoms with Crippen LogP contribution in [0.5, 0.6) is 5.75 Å². The maximum atomic E-state index is 12.4. The average Bonchev–Trinajstić information content (AvgIpc) is 2.72. The highest BCUT2D eigenvalue weighted by molar-refractivity contribution is 6.32. The maximum Gasteiger partial charge on any atom is 0.339 e. The monoisotopic (exact) mass is 435 g/mol. The van der Waals surface area contributed by atoms with Crippen LogP contribution >= 0.6 is 11.6 Å². The average molecular weight is 436 g/mol. The van der Waals surface area contributed by atoms with E-state index in [9.17, 15) is 14.4 Å². The molecular formula is C22H26ClNO6. The molecule has 162 valence electrons. The second-order valence-electron chi connectivity index (χ2n) is 7.98. The standard InChI is InChI=1S/C22H26ClNO6/c1-11-12(2)22(28)30-18-9-19(17(23)8-16(11)18)29-13(3)20(25)24-10-14-4-6-15(7-5-14)21(26)27/h8-9,13-15H,4-7,10H2,1-3H3,(H,24,25)(H,26,27). The fraction of sp³-hybridized carbons (Fsp3) is 0.500. The minimum Gasteiger partial charge on any atom is -0.481 e. The Hall–Kier alpha value is -2.54. The first-order valence-corrected chi connectivity index (χ1v) is 10.5. The van der Waals surface area contributed by atoms with Gasteiger partial charge in [-0.2, -0.15) is 0 Å². The van der Waals surface area contributed by atoms with E-state index in [1.807, 2.05) is 6.92 Å². The molecule has 3 rings (SSSR count). The van der Waals surface area contributed by atoms with Gasteiger partial charge in [0.25, 0.3) is 5.91 Å². The highest BCUT2D eigenvalue weighted by Gasteiger charge is 2.26. The van der Waals surface area contributed by atoms with Crippen LogP contribution in [0.1, 0.15) is 43.7 Å². The molecule has 0 spiro atoms.